The summed E-state index contributed by atoms with van der Waals surface area (Å²) in [5, 5.41) is 0. The predicted octanol–water partition coefficient (Wildman–Crippen LogP) is 2.66. The van der Waals surface area contributed by atoms with Gasteiger partial charge in [0, 0.05) is 24.5 Å². The Balaban J connectivity index is 1.65. The molecule has 1 saturated heterocycles. The van der Waals surface area contributed by atoms with Crippen LogP contribution in [0.5, 0.6) is 0 Å². The van der Waals surface area contributed by atoms with Crippen molar-refractivity contribution in [1.82, 2.24) is 4.90 Å². The summed E-state index contributed by atoms with van der Waals surface area (Å²) in [6.07, 6.45) is 6.14. The van der Waals surface area contributed by atoms with Gasteiger partial charge in [-0.1, -0.05) is 29.8 Å². The average molecular weight is 286 g/mol. The highest BCUT2D eigenvalue weighted by atomic mass is 16.2. The van der Waals surface area contributed by atoms with E-state index in [9.17, 15) is 4.79 Å². The van der Waals surface area contributed by atoms with E-state index in [1.54, 1.807) is 0 Å². The van der Waals surface area contributed by atoms with Crippen molar-refractivity contribution in [2.24, 2.45) is 11.7 Å². The molecule has 1 aromatic rings. The van der Waals surface area contributed by atoms with Crippen molar-refractivity contribution in [2.75, 3.05) is 6.54 Å². The molecule has 114 valence electrons. The van der Waals surface area contributed by atoms with E-state index in [2.05, 4.69) is 36.1 Å². The molecule has 2 fully saturated rings. The van der Waals surface area contributed by atoms with Gasteiger partial charge in [0.1, 0.15) is 0 Å². The fraction of sp³-hybridized carbons (Fsp3) is 0.611. The monoisotopic (exact) mass is 286 g/mol. The minimum absolute atomic E-state index is 0.179. The number of likely N-dealkylation sites (tertiary alicyclic amines) is 1. The van der Waals surface area contributed by atoms with Crippen LogP contribution in [0, 0.1) is 12.8 Å². The quantitative estimate of drug-likeness (QED) is 0.928. The van der Waals surface area contributed by atoms with Crippen molar-refractivity contribution in [3.05, 3.63) is 35.4 Å². The van der Waals surface area contributed by atoms with Crippen molar-refractivity contribution in [3.63, 3.8) is 0 Å². The summed E-state index contributed by atoms with van der Waals surface area (Å²) in [6.45, 7) is 3.04. The van der Waals surface area contributed by atoms with Crippen LogP contribution in [-0.4, -0.2) is 29.4 Å². The Morgan fingerprint density at radius 3 is 2.67 bits per heavy atom. The number of carbonyl (C=O) groups excluding carboxylic acids is 1. The van der Waals surface area contributed by atoms with Crippen LogP contribution in [0.25, 0.3) is 0 Å². The highest BCUT2D eigenvalue weighted by Gasteiger charge is 2.36. The zero-order chi connectivity index (χ0) is 14.8. The standard InChI is InChI=1S/C18H26N2O/c1-13-4-6-14(7-5-13)11-17-3-2-10-20(17)18(21)15-8-9-16(19)12-15/h4-7,15-17H,2-3,8-12,19H2,1H3. The van der Waals surface area contributed by atoms with Crippen LogP contribution in [0.2, 0.25) is 0 Å². The molecule has 0 bridgehead atoms. The molecule has 3 atom stereocenters. The summed E-state index contributed by atoms with van der Waals surface area (Å²) in [5.41, 5.74) is 8.59. The van der Waals surface area contributed by atoms with Gasteiger partial charge in [0.25, 0.3) is 0 Å². The van der Waals surface area contributed by atoms with Gasteiger partial charge in [0.15, 0.2) is 0 Å². The Hall–Kier alpha value is -1.35. The molecule has 2 N–H and O–H groups in total. The molecule has 3 rings (SSSR count). The summed E-state index contributed by atoms with van der Waals surface area (Å²) < 4.78 is 0. The highest BCUT2D eigenvalue weighted by Crippen LogP contribution is 2.30. The molecule has 3 unspecified atom stereocenters. The number of nitrogens with zero attached hydrogens (tertiary/aromatic N) is 1. The molecular weight excluding hydrogens is 260 g/mol. The minimum atomic E-state index is 0.179. The van der Waals surface area contributed by atoms with Crippen LogP contribution in [0.15, 0.2) is 24.3 Å². The van der Waals surface area contributed by atoms with Crippen LogP contribution in [-0.2, 0) is 11.2 Å². The van der Waals surface area contributed by atoms with Gasteiger partial charge in [-0.2, -0.15) is 0 Å². The molecule has 0 radical (unpaired) electrons. The predicted molar refractivity (Wildman–Crippen MR) is 84.9 cm³/mol. The molecule has 2 aliphatic rings. The number of benzene rings is 1. The smallest absolute Gasteiger partial charge is 0.226 e. The molecule has 0 spiro atoms. The van der Waals surface area contributed by atoms with E-state index < -0.39 is 0 Å². The van der Waals surface area contributed by atoms with Gasteiger partial charge >= 0.3 is 0 Å². The van der Waals surface area contributed by atoms with Crippen molar-refractivity contribution in [1.29, 1.82) is 0 Å². The first-order chi connectivity index (χ1) is 10.1. The largest absolute Gasteiger partial charge is 0.339 e. The normalized spacial score (nSPS) is 29.0. The second-order valence-electron chi connectivity index (χ2n) is 6.79. The zero-order valence-corrected chi connectivity index (χ0v) is 12.9. The fourth-order valence-corrected chi connectivity index (χ4v) is 3.81. The van der Waals surface area contributed by atoms with E-state index in [4.69, 9.17) is 5.73 Å². The molecule has 3 heteroatoms. The lowest BCUT2D eigenvalue weighted by Gasteiger charge is -2.27. The first-order valence-electron chi connectivity index (χ1n) is 8.25. The SMILES string of the molecule is Cc1ccc(CC2CCCN2C(=O)C2CCC(N)C2)cc1. The molecule has 1 aliphatic heterocycles. The maximum Gasteiger partial charge on any atom is 0.226 e. The van der Waals surface area contributed by atoms with E-state index in [-0.39, 0.29) is 12.0 Å². The minimum Gasteiger partial charge on any atom is -0.339 e. The maximum atomic E-state index is 12.7. The van der Waals surface area contributed by atoms with E-state index in [1.807, 2.05) is 0 Å². The molecule has 1 aliphatic carbocycles. The number of carbonyl (C=O) groups is 1. The molecule has 21 heavy (non-hydrogen) atoms. The number of amides is 1. The Morgan fingerprint density at radius 1 is 1.24 bits per heavy atom. The van der Waals surface area contributed by atoms with Gasteiger partial charge in [-0.25, -0.2) is 0 Å². The first-order valence-corrected chi connectivity index (χ1v) is 8.25. The van der Waals surface area contributed by atoms with Crippen LogP contribution in [0.3, 0.4) is 0 Å². The summed E-state index contributed by atoms with van der Waals surface area (Å²) in [6, 6.07) is 9.33. The fourth-order valence-electron chi connectivity index (χ4n) is 3.81. The van der Waals surface area contributed by atoms with Crippen LogP contribution in [0.4, 0.5) is 0 Å². The summed E-state index contributed by atoms with van der Waals surface area (Å²) in [5.74, 6) is 0.538. The number of aryl methyl sites for hydroxylation is 1. The zero-order valence-electron chi connectivity index (χ0n) is 12.9. The molecule has 1 aromatic carbocycles. The van der Waals surface area contributed by atoms with Crippen molar-refractivity contribution >= 4 is 5.91 Å². The summed E-state index contributed by atoms with van der Waals surface area (Å²) >= 11 is 0. The topological polar surface area (TPSA) is 46.3 Å². The Bertz CT molecular complexity index is 496. The van der Waals surface area contributed by atoms with Crippen molar-refractivity contribution in [3.8, 4) is 0 Å². The van der Waals surface area contributed by atoms with Gasteiger partial charge in [0.05, 0.1) is 0 Å². The lowest BCUT2D eigenvalue weighted by atomic mass is 10.0. The van der Waals surface area contributed by atoms with Crippen LogP contribution < -0.4 is 5.73 Å². The summed E-state index contributed by atoms with van der Waals surface area (Å²) in [4.78, 5) is 14.9. The van der Waals surface area contributed by atoms with Gasteiger partial charge in [-0.05, 0) is 51.0 Å². The Morgan fingerprint density at radius 2 is 2.00 bits per heavy atom. The Labute approximate surface area is 127 Å². The number of hydrogen-bond acceptors (Lipinski definition) is 2. The molecule has 0 aromatic heterocycles. The van der Waals surface area contributed by atoms with Gasteiger partial charge in [-0.15, -0.1) is 0 Å². The number of rotatable bonds is 3. The van der Waals surface area contributed by atoms with Crippen molar-refractivity contribution in [2.45, 2.75) is 57.5 Å². The van der Waals surface area contributed by atoms with Crippen LogP contribution >= 0.6 is 0 Å². The van der Waals surface area contributed by atoms with E-state index in [0.717, 1.165) is 45.1 Å². The first kappa shape index (κ1) is 14.6. The van der Waals surface area contributed by atoms with E-state index in [0.29, 0.717) is 11.9 Å². The lowest BCUT2D eigenvalue weighted by molar-refractivity contribution is -0.136. The van der Waals surface area contributed by atoms with E-state index in [1.165, 1.54) is 11.1 Å². The van der Waals surface area contributed by atoms with Crippen molar-refractivity contribution < 1.29 is 4.79 Å². The van der Waals surface area contributed by atoms with Crippen LogP contribution in [0.1, 0.15) is 43.2 Å². The third-order valence-corrected chi connectivity index (χ3v) is 5.07. The third-order valence-electron chi connectivity index (χ3n) is 5.07. The molecule has 3 nitrogen and oxygen atoms in total. The average Bonchev–Trinajstić information content (AvgIpc) is 3.10. The summed E-state index contributed by atoms with van der Waals surface area (Å²) in [7, 11) is 0. The molecule has 1 heterocycles. The van der Waals surface area contributed by atoms with Gasteiger partial charge in [-0.3, -0.25) is 4.79 Å². The molecule has 1 saturated carbocycles. The highest BCUT2D eigenvalue weighted by molar-refractivity contribution is 5.79. The van der Waals surface area contributed by atoms with Gasteiger partial charge in [0.2, 0.25) is 5.91 Å². The molecular formula is C18H26N2O. The third kappa shape index (κ3) is 3.29. The Kier molecular flexibility index (Phi) is 4.29. The molecule has 1 amide bonds. The number of nitrogens with two attached hydrogens (primary N) is 1. The lowest BCUT2D eigenvalue weighted by Crippen LogP contribution is -2.40. The van der Waals surface area contributed by atoms with Gasteiger partial charge < -0.3 is 10.6 Å². The van der Waals surface area contributed by atoms with E-state index >= 15 is 0 Å². The maximum absolute atomic E-state index is 12.7. The second-order valence-corrected chi connectivity index (χ2v) is 6.79. The number of hydrogen-bond donors (Lipinski definition) is 1. The second kappa shape index (κ2) is 6.18.